The van der Waals surface area contributed by atoms with Crippen molar-refractivity contribution in [1.29, 1.82) is 0 Å². The lowest BCUT2D eigenvalue weighted by Gasteiger charge is -2.05. The number of furan rings is 1. The molecule has 0 radical (unpaired) electrons. The van der Waals surface area contributed by atoms with Crippen LogP contribution < -0.4 is 5.63 Å². The van der Waals surface area contributed by atoms with E-state index in [4.69, 9.17) is 8.83 Å². The van der Waals surface area contributed by atoms with E-state index in [1.54, 1.807) is 12.3 Å². The number of fused-ring (bicyclic) bond motifs is 2. The van der Waals surface area contributed by atoms with Crippen LogP contribution in [0, 0.1) is 0 Å². The molecule has 0 saturated heterocycles. The van der Waals surface area contributed by atoms with E-state index in [-0.39, 0.29) is 5.63 Å². The molecule has 0 N–H and O–H groups in total. The summed E-state index contributed by atoms with van der Waals surface area (Å²) >= 11 is 0. The zero-order valence-electron chi connectivity index (χ0n) is 10.5. The fourth-order valence-corrected chi connectivity index (χ4v) is 2.48. The molecule has 20 heavy (non-hydrogen) atoms. The third kappa shape index (κ3) is 1.64. The van der Waals surface area contributed by atoms with Crippen molar-refractivity contribution in [2.45, 2.75) is 0 Å². The Hall–Kier alpha value is -2.81. The second-order valence-corrected chi connectivity index (χ2v) is 4.65. The topological polar surface area (TPSA) is 43.4 Å². The van der Waals surface area contributed by atoms with Gasteiger partial charge in [0.25, 0.3) is 0 Å². The molecular formula is C17H10O3. The lowest BCUT2D eigenvalue weighted by Crippen LogP contribution is -1.97. The van der Waals surface area contributed by atoms with Gasteiger partial charge in [0, 0.05) is 22.9 Å². The van der Waals surface area contributed by atoms with Gasteiger partial charge in [-0.25, -0.2) is 4.79 Å². The second kappa shape index (κ2) is 4.10. The average Bonchev–Trinajstić information content (AvgIpc) is 2.92. The highest BCUT2D eigenvalue weighted by Crippen LogP contribution is 2.30. The standard InChI is InChI=1S/C17H10O3/c18-17-9-13(11-4-2-1-3-5-11)14-8-12-6-7-19-15(12)10-16(14)20-17/h1-10H. The first kappa shape index (κ1) is 11.1. The molecule has 96 valence electrons. The summed E-state index contributed by atoms with van der Waals surface area (Å²) in [6.45, 7) is 0. The molecule has 0 unspecified atom stereocenters. The van der Waals surface area contributed by atoms with Crippen LogP contribution in [0.15, 0.2) is 74.5 Å². The van der Waals surface area contributed by atoms with Crippen LogP contribution >= 0.6 is 0 Å². The van der Waals surface area contributed by atoms with Crippen molar-refractivity contribution in [1.82, 2.24) is 0 Å². The molecule has 0 fully saturated rings. The first-order valence-corrected chi connectivity index (χ1v) is 6.32. The first-order valence-electron chi connectivity index (χ1n) is 6.32. The molecule has 0 aliphatic heterocycles. The van der Waals surface area contributed by atoms with Crippen molar-refractivity contribution < 1.29 is 8.83 Å². The zero-order chi connectivity index (χ0) is 13.5. The Morgan fingerprint density at radius 1 is 0.850 bits per heavy atom. The molecule has 3 heteroatoms. The predicted molar refractivity (Wildman–Crippen MR) is 77.7 cm³/mol. The Balaban J connectivity index is 2.16. The first-order chi connectivity index (χ1) is 9.81. The summed E-state index contributed by atoms with van der Waals surface area (Å²) in [7, 11) is 0. The van der Waals surface area contributed by atoms with E-state index < -0.39 is 0 Å². The van der Waals surface area contributed by atoms with Gasteiger partial charge in [0.15, 0.2) is 0 Å². The highest BCUT2D eigenvalue weighted by Gasteiger charge is 2.10. The lowest BCUT2D eigenvalue weighted by atomic mass is 10.0. The SMILES string of the molecule is O=c1cc(-c2ccccc2)c2cc3ccoc3cc2o1. The number of benzene rings is 2. The maximum atomic E-state index is 11.8. The van der Waals surface area contributed by atoms with Crippen molar-refractivity contribution >= 4 is 21.9 Å². The van der Waals surface area contributed by atoms with E-state index in [1.807, 2.05) is 42.5 Å². The van der Waals surface area contributed by atoms with E-state index in [2.05, 4.69) is 0 Å². The smallest absolute Gasteiger partial charge is 0.336 e. The Morgan fingerprint density at radius 3 is 2.55 bits per heavy atom. The van der Waals surface area contributed by atoms with E-state index in [9.17, 15) is 4.79 Å². The van der Waals surface area contributed by atoms with Gasteiger partial charge in [-0.15, -0.1) is 0 Å². The van der Waals surface area contributed by atoms with Crippen molar-refractivity contribution in [3.8, 4) is 11.1 Å². The average molecular weight is 262 g/mol. The normalized spacial score (nSPS) is 11.2. The van der Waals surface area contributed by atoms with E-state index >= 15 is 0 Å². The summed E-state index contributed by atoms with van der Waals surface area (Å²) in [5.74, 6) is 0. The fourth-order valence-electron chi connectivity index (χ4n) is 2.48. The van der Waals surface area contributed by atoms with Crippen molar-refractivity contribution in [3.05, 3.63) is 71.3 Å². The van der Waals surface area contributed by atoms with Crippen LogP contribution in [-0.4, -0.2) is 0 Å². The van der Waals surface area contributed by atoms with Crippen LogP contribution in [0.5, 0.6) is 0 Å². The van der Waals surface area contributed by atoms with E-state index in [0.29, 0.717) is 11.2 Å². The van der Waals surface area contributed by atoms with Crippen LogP contribution in [0.4, 0.5) is 0 Å². The molecule has 2 aromatic heterocycles. The highest BCUT2D eigenvalue weighted by molar-refractivity contribution is 6.00. The van der Waals surface area contributed by atoms with Crippen LogP contribution in [0.3, 0.4) is 0 Å². The monoisotopic (exact) mass is 262 g/mol. The molecule has 2 heterocycles. The maximum absolute atomic E-state index is 11.8. The maximum Gasteiger partial charge on any atom is 0.336 e. The van der Waals surface area contributed by atoms with E-state index in [1.165, 1.54) is 6.07 Å². The fraction of sp³-hybridized carbons (Fsp3) is 0. The number of rotatable bonds is 1. The quantitative estimate of drug-likeness (QED) is 0.483. The van der Waals surface area contributed by atoms with Gasteiger partial charge in [-0.3, -0.25) is 0 Å². The summed E-state index contributed by atoms with van der Waals surface area (Å²) in [6, 6.07) is 17.0. The molecule has 0 aliphatic rings. The summed E-state index contributed by atoms with van der Waals surface area (Å²) < 4.78 is 10.6. The third-order valence-electron chi connectivity index (χ3n) is 3.40. The molecule has 0 atom stereocenters. The molecule has 0 spiro atoms. The largest absolute Gasteiger partial charge is 0.464 e. The number of hydrogen-bond donors (Lipinski definition) is 0. The van der Waals surface area contributed by atoms with Gasteiger partial charge in [0.2, 0.25) is 0 Å². The minimum atomic E-state index is -0.359. The molecule has 4 rings (SSSR count). The van der Waals surface area contributed by atoms with Gasteiger partial charge in [0.05, 0.1) is 6.26 Å². The minimum absolute atomic E-state index is 0.359. The zero-order valence-corrected chi connectivity index (χ0v) is 10.5. The van der Waals surface area contributed by atoms with Gasteiger partial charge in [-0.05, 0) is 23.3 Å². The molecule has 0 amide bonds. The highest BCUT2D eigenvalue weighted by atomic mass is 16.4. The molecular weight excluding hydrogens is 252 g/mol. The Morgan fingerprint density at radius 2 is 1.70 bits per heavy atom. The van der Waals surface area contributed by atoms with Crippen LogP contribution in [0.1, 0.15) is 0 Å². The van der Waals surface area contributed by atoms with Crippen molar-refractivity contribution in [3.63, 3.8) is 0 Å². The van der Waals surface area contributed by atoms with Crippen LogP contribution in [-0.2, 0) is 0 Å². The second-order valence-electron chi connectivity index (χ2n) is 4.65. The lowest BCUT2D eigenvalue weighted by molar-refractivity contribution is 0.559. The molecule has 0 saturated carbocycles. The van der Waals surface area contributed by atoms with Crippen LogP contribution in [0.25, 0.3) is 33.1 Å². The molecule has 0 bridgehead atoms. The Kier molecular flexibility index (Phi) is 2.27. The molecule has 0 aliphatic carbocycles. The molecule has 3 nitrogen and oxygen atoms in total. The summed E-state index contributed by atoms with van der Waals surface area (Å²) in [4.78, 5) is 11.8. The third-order valence-corrected chi connectivity index (χ3v) is 3.40. The Labute approximate surface area is 114 Å². The van der Waals surface area contributed by atoms with E-state index in [0.717, 1.165) is 21.9 Å². The number of hydrogen-bond acceptors (Lipinski definition) is 3. The van der Waals surface area contributed by atoms with Gasteiger partial charge in [-0.2, -0.15) is 0 Å². The molecule has 2 aromatic carbocycles. The van der Waals surface area contributed by atoms with Gasteiger partial charge in [0.1, 0.15) is 11.2 Å². The van der Waals surface area contributed by atoms with Crippen LogP contribution in [0.2, 0.25) is 0 Å². The van der Waals surface area contributed by atoms with Gasteiger partial charge in [-0.1, -0.05) is 30.3 Å². The minimum Gasteiger partial charge on any atom is -0.464 e. The Bertz CT molecular complexity index is 962. The van der Waals surface area contributed by atoms with Crippen molar-refractivity contribution in [2.75, 3.05) is 0 Å². The molecule has 4 aromatic rings. The predicted octanol–water partition coefficient (Wildman–Crippen LogP) is 4.21. The summed E-state index contributed by atoms with van der Waals surface area (Å²) in [5, 5.41) is 1.90. The van der Waals surface area contributed by atoms with Gasteiger partial charge < -0.3 is 8.83 Å². The van der Waals surface area contributed by atoms with Crippen molar-refractivity contribution in [2.24, 2.45) is 0 Å². The summed E-state index contributed by atoms with van der Waals surface area (Å²) in [5.41, 5.74) is 2.76. The summed E-state index contributed by atoms with van der Waals surface area (Å²) in [6.07, 6.45) is 1.63. The van der Waals surface area contributed by atoms with Gasteiger partial charge >= 0.3 is 5.63 Å².